The maximum atomic E-state index is 12.7. The third kappa shape index (κ3) is 4.77. The van der Waals surface area contributed by atoms with Crippen molar-refractivity contribution in [1.82, 2.24) is 0 Å². The quantitative estimate of drug-likeness (QED) is 0.672. The normalized spacial score (nSPS) is 14.8. The summed E-state index contributed by atoms with van der Waals surface area (Å²) in [5, 5.41) is 10.8. The molecule has 1 atom stereocenters. The van der Waals surface area contributed by atoms with E-state index in [4.69, 9.17) is 11.6 Å². The molecule has 0 aliphatic rings. The van der Waals surface area contributed by atoms with E-state index >= 15 is 0 Å². The molecule has 0 aromatic heterocycles. The van der Waals surface area contributed by atoms with Crippen molar-refractivity contribution in [2.45, 2.75) is 33.4 Å². The van der Waals surface area contributed by atoms with Gasteiger partial charge in [0.2, 0.25) is 15.4 Å². The first-order chi connectivity index (χ1) is 13.5. The number of hydrogen-bond donors (Lipinski definition) is 2. The Bertz CT molecular complexity index is 1190. The van der Waals surface area contributed by atoms with Crippen LogP contribution < -0.4 is 5.32 Å². The largest absolute Gasteiger partial charge is 0.426 e. The summed E-state index contributed by atoms with van der Waals surface area (Å²) in [6, 6.07) is 7.23. The molecule has 0 radical (unpaired) electrons. The van der Waals surface area contributed by atoms with Gasteiger partial charge in [0.05, 0.1) is 25.4 Å². The van der Waals surface area contributed by atoms with Crippen molar-refractivity contribution in [1.29, 1.82) is 0 Å². The van der Waals surface area contributed by atoms with Crippen molar-refractivity contribution < 1.29 is 39.9 Å². The topological polar surface area (TPSA) is 118 Å². The molecule has 0 saturated carbocycles. The number of rotatable bonds is 5. The molecule has 0 fully saturated rings. The molecule has 2 aromatic rings. The predicted molar refractivity (Wildman–Crippen MR) is 102 cm³/mol. The summed E-state index contributed by atoms with van der Waals surface area (Å²) in [5.74, 6) is -1.80. The molecule has 0 spiro atoms. The number of amides is 1. The molecule has 1 unspecified atom stereocenters. The van der Waals surface area contributed by atoms with E-state index in [0.717, 1.165) is 48.7 Å². The van der Waals surface area contributed by atoms with E-state index in [1.54, 1.807) is 5.32 Å². The van der Waals surface area contributed by atoms with Crippen molar-refractivity contribution in [3.05, 3.63) is 47.5 Å². The molecule has 30 heavy (non-hydrogen) atoms. The van der Waals surface area contributed by atoms with E-state index in [1.165, 1.54) is 0 Å². The Morgan fingerprint density at radius 2 is 1.43 bits per heavy atom. The molecule has 2 rings (SSSR count). The third-order valence-electron chi connectivity index (χ3n) is 4.06. The molecular formula is C17H15ClF3NO6S2. The number of nitrogens with one attached hydrogen (secondary N) is 1. The average molecular weight is 486 g/mol. The Hall–Kier alpha value is -2.15. The summed E-state index contributed by atoms with van der Waals surface area (Å²) in [5.41, 5.74) is -4.04. The Morgan fingerprint density at radius 1 is 0.967 bits per heavy atom. The van der Waals surface area contributed by atoms with Crippen LogP contribution in [0.15, 0.2) is 57.2 Å². The molecular weight excluding hydrogens is 471 g/mol. The molecule has 164 valence electrons. The van der Waals surface area contributed by atoms with Crippen LogP contribution in [0.4, 0.5) is 18.9 Å². The minimum absolute atomic E-state index is 0.0886. The number of alkyl halides is 3. The van der Waals surface area contributed by atoms with Gasteiger partial charge in [-0.05, 0) is 49.4 Å². The zero-order chi connectivity index (χ0) is 23.1. The van der Waals surface area contributed by atoms with Gasteiger partial charge in [-0.1, -0.05) is 11.6 Å². The number of sulfone groups is 2. The highest BCUT2D eigenvalue weighted by atomic mass is 35.5. The molecule has 2 N–H and O–H groups in total. The first-order valence-electron chi connectivity index (χ1n) is 7.93. The fourth-order valence-corrected chi connectivity index (χ4v) is 4.35. The SMILES string of the molecule is CC(O)(C(=O)Nc1ccc(S(=O)(=O)c2ccc(S(C)(=O)=O)cc2)cc1Cl)C(F)(F)F. The van der Waals surface area contributed by atoms with Crippen LogP contribution in [0.5, 0.6) is 0 Å². The van der Waals surface area contributed by atoms with Crippen molar-refractivity contribution in [3.63, 3.8) is 0 Å². The van der Waals surface area contributed by atoms with Gasteiger partial charge in [-0.15, -0.1) is 0 Å². The van der Waals surface area contributed by atoms with Gasteiger partial charge in [0.25, 0.3) is 5.91 Å². The van der Waals surface area contributed by atoms with Crippen LogP contribution in [0.3, 0.4) is 0 Å². The van der Waals surface area contributed by atoms with Crippen LogP contribution in [0.1, 0.15) is 6.92 Å². The standard InChI is InChI=1S/C17H15ClF3NO6S2/c1-16(24,17(19,20)21)15(23)22-14-8-7-12(9-13(14)18)30(27,28)11-5-3-10(4-6-11)29(2,25)26/h3-9,24H,1-2H3,(H,22,23). The fraction of sp³-hybridized carbons (Fsp3) is 0.235. The van der Waals surface area contributed by atoms with Gasteiger partial charge in [-0.2, -0.15) is 13.2 Å². The summed E-state index contributed by atoms with van der Waals surface area (Å²) in [4.78, 5) is 11.1. The number of carbonyl (C=O) groups excluding carboxylic acids is 1. The van der Waals surface area contributed by atoms with Gasteiger partial charge < -0.3 is 10.4 Å². The summed E-state index contributed by atoms with van der Waals surface area (Å²) in [6.07, 6.45) is -4.29. The summed E-state index contributed by atoms with van der Waals surface area (Å²) >= 11 is 5.90. The zero-order valence-corrected chi connectivity index (χ0v) is 17.7. The Kier molecular flexibility index (Phi) is 6.30. The second-order valence-corrected chi connectivity index (χ2v) is 10.8. The predicted octanol–water partition coefficient (Wildman–Crippen LogP) is 2.83. The Balaban J connectivity index is 2.35. The molecule has 13 heteroatoms. The van der Waals surface area contributed by atoms with Gasteiger partial charge in [0.1, 0.15) is 0 Å². The number of benzene rings is 2. The van der Waals surface area contributed by atoms with Crippen molar-refractivity contribution in [2.75, 3.05) is 11.6 Å². The van der Waals surface area contributed by atoms with E-state index in [-0.39, 0.29) is 27.3 Å². The van der Waals surface area contributed by atoms with Crippen molar-refractivity contribution in [3.8, 4) is 0 Å². The molecule has 7 nitrogen and oxygen atoms in total. The minimum Gasteiger partial charge on any atom is -0.373 e. The monoisotopic (exact) mass is 485 g/mol. The lowest BCUT2D eigenvalue weighted by atomic mass is 10.1. The molecule has 0 bridgehead atoms. The Morgan fingerprint density at radius 3 is 1.87 bits per heavy atom. The maximum Gasteiger partial charge on any atom is 0.426 e. The minimum atomic E-state index is -5.25. The molecule has 0 aliphatic heterocycles. The zero-order valence-electron chi connectivity index (χ0n) is 15.4. The van der Waals surface area contributed by atoms with Crippen LogP contribution in [-0.2, 0) is 24.5 Å². The van der Waals surface area contributed by atoms with Gasteiger partial charge in [0.15, 0.2) is 9.84 Å². The highest BCUT2D eigenvalue weighted by Crippen LogP contribution is 2.33. The Labute approximate surface area is 175 Å². The van der Waals surface area contributed by atoms with Crippen LogP contribution >= 0.6 is 11.6 Å². The highest BCUT2D eigenvalue weighted by molar-refractivity contribution is 7.91. The van der Waals surface area contributed by atoms with Crippen LogP contribution in [-0.4, -0.2) is 45.9 Å². The lowest BCUT2D eigenvalue weighted by molar-refractivity contribution is -0.242. The van der Waals surface area contributed by atoms with E-state index in [9.17, 15) is 39.9 Å². The van der Waals surface area contributed by atoms with Gasteiger partial charge >= 0.3 is 6.18 Å². The second kappa shape index (κ2) is 7.84. The lowest BCUT2D eigenvalue weighted by Crippen LogP contribution is -2.52. The van der Waals surface area contributed by atoms with Crippen LogP contribution in [0.2, 0.25) is 5.02 Å². The molecule has 0 aliphatic carbocycles. The van der Waals surface area contributed by atoms with Crippen LogP contribution in [0, 0.1) is 0 Å². The van der Waals surface area contributed by atoms with Crippen LogP contribution in [0.25, 0.3) is 0 Å². The second-order valence-electron chi connectivity index (χ2n) is 6.41. The smallest absolute Gasteiger partial charge is 0.373 e. The summed E-state index contributed by atoms with van der Waals surface area (Å²) < 4.78 is 86.5. The first kappa shape index (κ1) is 24.1. The van der Waals surface area contributed by atoms with Gasteiger partial charge in [-0.3, -0.25) is 4.79 Å². The molecule has 0 heterocycles. The summed E-state index contributed by atoms with van der Waals surface area (Å²) in [7, 11) is -7.67. The first-order valence-corrected chi connectivity index (χ1v) is 11.7. The molecule has 1 amide bonds. The number of halogens is 4. The summed E-state index contributed by atoms with van der Waals surface area (Å²) in [6.45, 7) is 0.259. The maximum absolute atomic E-state index is 12.7. The fourth-order valence-electron chi connectivity index (χ4n) is 2.14. The molecule has 0 saturated heterocycles. The van der Waals surface area contributed by atoms with Gasteiger partial charge in [-0.25, -0.2) is 16.8 Å². The number of carbonyl (C=O) groups is 1. The van der Waals surface area contributed by atoms with E-state index < -0.39 is 42.4 Å². The van der Waals surface area contributed by atoms with E-state index in [0.29, 0.717) is 0 Å². The van der Waals surface area contributed by atoms with Crippen molar-refractivity contribution >= 4 is 42.9 Å². The van der Waals surface area contributed by atoms with E-state index in [1.807, 2.05) is 0 Å². The average Bonchev–Trinajstić information content (AvgIpc) is 2.61. The highest BCUT2D eigenvalue weighted by Gasteiger charge is 2.55. The van der Waals surface area contributed by atoms with Gasteiger partial charge in [0, 0.05) is 6.26 Å². The number of anilines is 1. The number of aliphatic hydroxyl groups is 1. The third-order valence-corrected chi connectivity index (χ3v) is 7.26. The lowest BCUT2D eigenvalue weighted by Gasteiger charge is -2.25. The number of hydrogen-bond acceptors (Lipinski definition) is 6. The molecule has 2 aromatic carbocycles. The van der Waals surface area contributed by atoms with Crippen molar-refractivity contribution in [2.24, 2.45) is 0 Å². The van der Waals surface area contributed by atoms with E-state index in [2.05, 4.69) is 0 Å².